The highest BCUT2D eigenvalue weighted by molar-refractivity contribution is 5.78. The number of aryl methyl sites for hydroxylation is 1. The minimum absolute atomic E-state index is 0.0482. The van der Waals surface area contributed by atoms with E-state index in [2.05, 4.69) is 55.3 Å². The monoisotopic (exact) mass is 318 g/mol. The first-order valence-electron chi connectivity index (χ1n) is 8.60. The number of aliphatic hydroxyl groups is 1. The van der Waals surface area contributed by atoms with Gasteiger partial charge in [-0.25, -0.2) is 0 Å². The predicted molar refractivity (Wildman–Crippen MR) is 93.2 cm³/mol. The third-order valence-corrected chi connectivity index (χ3v) is 4.47. The molecular formula is C19H30N2O2. The van der Waals surface area contributed by atoms with Crippen molar-refractivity contribution < 1.29 is 9.90 Å². The second-order valence-electron chi connectivity index (χ2n) is 7.61. The summed E-state index contributed by atoms with van der Waals surface area (Å²) in [5, 5.41) is 12.4. The van der Waals surface area contributed by atoms with E-state index in [1.807, 2.05) is 0 Å². The highest BCUT2D eigenvalue weighted by Gasteiger charge is 2.28. The summed E-state index contributed by atoms with van der Waals surface area (Å²) in [5.41, 5.74) is 2.90. The van der Waals surface area contributed by atoms with E-state index in [0.29, 0.717) is 19.6 Å². The predicted octanol–water partition coefficient (Wildman–Crippen LogP) is 2.52. The van der Waals surface area contributed by atoms with Crippen molar-refractivity contribution in [2.24, 2.45) is 5.41 Å². The highest BCUT2D eigenvalue weighted by Crippen LogP contribution is 2.35. The Balaban J connectivity index is 1.93. The van der Waals surface area contributed by atoms with Crippen molar-refractivity contribution in [3.63, 3.8) is 0 Å². The fraction of sp³-hybridized carbons (Fsp3) is 0.632. The lowest BCUT2D eigenvalue weighted by Gasteiger charge is -2.28. The van der Waals surface area contributed by atoms with Crippen molar-refractivity contribution in [2.75, 3.05) is 26.2 Å². The van der Waals surface area contributed by atoms with Crippen molar-refractivity contribution in [1.29, 1.82) is 0 Å². The molecule has 0 bridgehead atoms. The standard InChI is InChI=1S/C19H30N2O2/c1-19(2,3)10-11-20-18(23)14-21(12-13-22)17-9-8-15-6-4-5-7-16(15)17/h4-7,17,22H,8-14H2,1-3H3,(H,20,23). The van der Waals surface area contributed by atoms with Crippen LogP contribution in [0.5, 0.6) is 0 Å². The number of amides is 1. The van der Waals surface area contributed by atoms with Crippen molar-refractivity contribution in [3.05, 3.63) is 35.4 Å². The molecule has 1 amide bonds. The molecule has 1 aromatic rings. The summed E-state index contributed by atoms with van der Waals surface area (Å²) in [6.07, 6.45) is 3.04. The van der Waals surface area contributed by atoms with Crippen LogP contribution in [0.4, 0.5) is 0 Å². The van der Waals surface area contributed by atoms with Gasteiger partial charge in [-0.3, -0.25) is 9.69 Å². The summed E-state index contributed by atoms with van der Waals surface area (Å²) >= 11 is 0. The van der Waals surface area contributed by atoms with E-state index in [0.717, 1.165) is 19.3 Å². The molecule has 1 aliphatic carbocycles. The maximum Gasteiger partial charge on any atom is 0.234 e. The largest absolute Gasteiger partial charge is 0.395 e. The normalized spacial score (nSPS) is 17.3. The Morgan fingerprint density at radius 1 is 1.35 bits per heavy atom. The average Bonchev–Trinajstić information content (AvgIpc) is 2.89. The Bertz CT molecular complexity index is 522. The van der Waals surface area contributed by atoms with Crippen molar-refractivity contribution in [2.45, 2.75) is 46.1 Å². The maximum atomic E-state index is 12.2. The lowest BCUT2D eigenvalue weighted by molar-refractivity contribution is -0.123. The molecule has 0 aromatic heterocycles. The molecular weight excluding hydrogens is 288 g/mol. The first-order valence-corrected chi connectivity index (χ1v) is 8.60. The fourth-order valence-electron chi connectivity index (χ4n) is 3.20. The smallest absolute Gasteiger partial charge is 0.234 e. The number of rotatable bonds is 7. The van der Waals surface area contributed by atoms with E-state index in [-0.39, 0.29) is 24.0 Å². The van der Waals surface area contributed by atoms with E-state index in [9.17, 15) is 9.90 Å². The second-order valence-corrected chi connectivity index (χ2v) is 7.61. The molecule has 2 N–H and O–H groups in total. The zero-order valence-corrected chi connectivity index (χ0v) is 14.6. The lowest BCUT2D eigenvalue weighted by atomic mass is 9.92. The van der Waals surface area contributed by atoms with Crippen molar-refractivity contribution in [3.8, 4) is 0 Å². The third-order valence-electron chi connectivity index (χ3n) is 4.47. The van der Waals surface area contributed by atoms with Gasteiger partial charge in [0.15, 0.2) is 0 Å². The van der Waals surface area contributed by atoms with Gasteiger partial charge in [0.1, 0.15) is 0 Å². The van der Waals surface area contributed by atoms with Crippen LogP contribution < -0.4 is 5.32 Å². The quantitative estimate of drug-likeness (QED) is 0.812. The van der Waals surface area contributed by atoms with Crippen LogP contribution in [0, 0.1) is 5.41 Å². The van der Waals surface area contributed by atoms with Gasteiger partial charge in [-0.15, -0.1) is 0 Å². The minimum Gasteiger partial charge on any atom is -0.395 e. The molecule has 0 saturated carbocycles. The third kappa shape index (κ3) is 5.33. The molecule has 1 atom stereocenters. The molecule has 0 saturated heterocycles. The summed E-state index contributed by atoms with van der Waals surface area (Å²) in [7, 11) is 0. The topological polar surface area (TPSA) is 52.6 Å². The first kappa shape index (κ1) is 18.0. The number of fused-ring (bicyclic) bond motifs is 1. The highest BCUT2D eigenvalue weighted by atomic mass is 16.3. The number of aliphatic hydroxyl groups excluding tert-OH is 1. The second kappa shape index (κ2) is 7.93. The number of carbonyl (C=O) groups is 1. The van der Waals surface area contributed by atoms with E-state index >= 15 is 0 Å². The number of nitrogens with one attached hydrogen (secondary N) is 1. The summed E-state index contributed by atoms with van der Waals surface area (Å²) in [6, 6.07) is 8.67. The molecule has 0 heterocycles. The van der Waals surface area contributed by atoms with Crippen LogP contribution in [0.3, 0.4) is 0 Å². The summed E-state index contributed by atoms with van der Waals surface area (Å²) in [6.45, 7) is 8.19. The average molecular weight is 318 g/mol. The number of carbonyl (C=O) groups excluding carboxylic acids is 1. The molecule has 0 spiro atoms. The molecule has 2 rings (SSSR count). The Hall–Kier alpha value is -1.39. The number of nitrogens with zero attached hydrogens (tertiary/aromatic N) is 1. The lowest BCUT2D eigenvalue weighted by Crippen LogP contribution is -2.41. The van der Waals surface area contributed by atoms with Crippen LogP contribution in [-0.4, -0.2) is 42.2 Å². The van der Waals surface area contributed by atoms with Crippen LogP contribution >= 0.6 is 0 Å². The Morgan fingerprint density at radius 3 is 2.78 bits per heavy atom. The Kier molecular flexibility index (Phi) is 6.19. The number of hydrogen-bond acceptors (Lipinski definition) is 3. The molecule has 128 valence electrons. The van der Waals surface area contributed by atoms with Gasteiger partial charge in [0, 0.05) is 19.1 Å². The molecule has 0 fully saturated rings. The summed E-state index contributed by atoms with van der Waals surface area (Å²) < 4.78 is 0. The number of hydrogen-bond donors (Lipinski definition) is 2. The SMILES string of the molecule is CC(C)(C)CCNC(=O)CN(CCO)C1CCc2ccccc21. The minimum atomic E-state index is 0.0482. The van der Waals surface area contributed by atoms with Gasteiger partial charge < -0.3 is 10.4 Å². The van der Waals surface area contributed by atoms with E-state index in [1.165, 1.54) is 11.1 Å². The van der Waals surface area contributed by atoms with Crippen LogP contribution in [-0.2, 0) is 11.2 Å². The summed E-state index contributed by atoms with van der Waals surface area (Å²) in [5.74, 6) is 0.0482. The Labute approximate surface area is 139 Å². The van der Waals surface area contributed by atoms with Crippen molar-refractivity contribution in [1.82, 2.24) is 10.2 Å². The number of benzene rings is 1. The molecule has 4 heteroatoms. The van der Waals surface area contributed by atoms with E-state index < -0.39 is 0 Å². The van der Waals surface area contributed by atoms with Crippen LogP contribution in [0.15, 0.2) is 24.3 Å². The fourth-order valence-corrected chi connectivity index (χ4v) is 3.20. The first-order chi connectivity index (χ1) is 10.9. The molecule has 1 aliphatic rings. The molecule has 1 unspecified atom stereocenters. The molecule has 23 heavy (non-hydrogen) atoms. The van der Waals surface area contributed by atoms with Gasteiger partial charge in [-0.05, 0) is 35.8 Å². The summed E-state index contributed by atoms with van der Waals surface area (Å²) in [4.78, 5) is 14.4. The zero-order chi connectivity index (χ0) is 16.9. The van der Waals surface area contributed by atoms with Gasteiger partial charge in [-0.1, -0.05) is 45.0 Å². The van der Waals surface area contributed by atoms with E-state index in [4.69, 9.17) is 0 Å². The zero-order valence-electron chi connectivity index (χ0n) is 14.6. The van der Waals surface area contributed by atoms with Crippen LogP contribution in [0.25, 0.3) is 0 Å². The molecule has 1 aromatic carbocycles. The van der Waals surface area contributed by atoms with E-state index in [1.54, 1.807) is 0 Å². The molecule has 0 aliphatic heterocycles. The maximum absolute atomic E-state index is 12.2. The van der Waals surface area contributed by atoms with Crippen LogP contribution in [0.2, 0.25) is 0 Å². The van der Waals surface area contributed by atoms with Gasteiger partial charge in [0.2, 0.25) is 5.91 Å². The Morgan fingerprint density at radius 2 is 2.09 bits per heavy atom. The van der Waals surface area contributed by atoms with Crippen molar-refractivity contribution >= 4 is 5.91 Å². The van der Waals surface area contributed by atoms with Gasteiger partial charge in [0.05, 0.1) is 13.2 Å². The van der Waals surface area contributed by atoms with Crippen LogP contribution in [0.1, 0.15) is 50.8 Å². The van der Waals surface area contributed by atoms with Gasteiger partial charge >= 0.3 is 0 Å². The van der Waals surface area contributed by atoms with Gasteiger partial charge in [0.25, 0.3) is 0 Å². The molecule has 0 radical (unpaired) electrons. The molecule has 4 nitrogen and oxygen atoms in total. The van der Waals surface area contributed by atoms with Gasteiger partial charge in [-0.2, -0.15) is 0 Å².